The highest BCUT2D eigenvalue weighted by molar-refractivity contribution is 8.01. The minimum atomic E-state index is -1.03. The summed E-state index contributed by atoms with van der Waals surface area (Å²) in [6.07, 6.45) is -0.276. The smallest absolute Gasteiger partial charge is 0.305 e. The number of rotatable bonds is 5. The van der Waals surface area contributed by atoms with Gasteiger partial charge in [-0.25, -0.2) is 9.37 Å². The lowest BCUT2D eigenvalue weighted by Gasteiger charge is -2.32. The zero-order valence-corrected chi connectivity index (χ0v) is 16.3. The Kier molecular flexibility index (Phi) is 4.94. The van der Waals surface area contributed by atoms with E-state index in [-0.39, 0.29) is 24.7 Å². The molecule has 2 aromatic carbocycles. The first-order chi connectivity index (χ1) is 13.4. The molecule has 28 heavy (non-hydrogen) atoms. The summed E-state index contributed by atoms with van der Waals surface area (Å²) >= 11 is 2.61. The summed E-state index contributed by atoms with van der Waals surface area (Å²) < 4.78 is 19.5. The molecule has 0 aliphatic carbocycles. The van der Waals surface area contributed by atoms with Crippen LogP contribution in [0, 0.1) is 5.82 Å². The molecule has 0 radical (unpaired) electrons. The van der Waals surface area contributed by atoms with E-state index in [1.807, 2.05) is 0 Å². The number of ether oxygens (including phenoxy) is 1. The van der Waals surface area contributed by atoms with E-state index in [1.165, 1.54) is 35.2 Å². The first-order valence-electron chi connectivity index (χ1n) is 8.37. The van der Waals surface area contributed by atoms with Crippen LogP contribution in [0.5, 0.6) is 5.75 Å². The van der Waals surface area contributed by atoms with E-state index in [4.69, 9.17) is 4.74 Å². The van der Waals surface area contributed by atoms with Crippen LogP contribution in [0.1, 0.15) is 11.4 Å². The highest BCUT2D eigenvalue weighted by Gasteiger charge is 2.35. The molecule has 0 spiro atoms. The number of carboxylic acid groups (broad SMARTS) is 1. The number of thiazole rings is 1. The maximum absolute atomic E-state index is 13.4. The van der Waals surface area contributed by atoms with Gasteiger partial charge in [0.1, 0.15) is 16.6 Å². The number of methoxy groups -OCH3 is 1. The normalized spacial score (nSPS) is 16.3. The van der Waals surface area contributed by atoms with Gasteiger partial charge in [0.2, 0.25) is 5.91 Å². The molecule has 1 atom stereocenters. The van der Waals surface area contributed by atoms with Crippen LogP contribution in [0.15, 0.2) is 41.3 Å². The molecule has 2 heterocycles. The maximum Gasteiger partial charge on any atom is 0.305 e. The van der Waals surface area contributed by atoms with Crippen LogP contribution in [-0.4, -0.2) is 34.3 Å². The number of amides is 1. The lowest BCUT2D eigenvalue weighted by molar-refractivity contribution is -0.138. The van der Waals surface area contributed by atoms with Crippen molar-refractivity contribution in [3.05, 3.63) is 47.2 Å². The Balaban J connectivity index is 1.72. The SMILES string of the molecule is COc1ccc2c(c1)SC(CC(=O)O)C(=O)N2Cc1nc2cc(F)ccc2s1. The van der Waals surface area contributed by atoms with Crippen LogP contribution in [0.25, 0.3) is 10.2 Å². The molecule has 0 bridgehead atoms. The van der Waals surface area contributed by atoms with Gasteiger partial charge < -0.3 is 14.7 Å². The van der Waals surface area contributed by atoms with Crippen LogP contribution in [-0.2, 0) is 16.1 Å². The minimum Gasteiger partial charge on any atom is -0.497 e. The Hall–Kier alpha value is -2.65. The number of benzene rings is 2. The standard InChI is InChI=1S/C19H15FN2O4S2/c1-26-11-3-4-13-15(7-11)27-16(8-18(23)24)19(25)22(13)9-17-21-12-6-10(20)2-5-14(12)28-17/h2-7,16H,8-9H2,1H3,(H,23,24). The fraction of sp³-hybridized carbons (Fsp3) is 0.211. The lowest BCUT2D eigenvalue weighted by atomic mass is 10.2. The van der Waals surface area contributed by atoms with Gasteiger partial charge in [-0.05, 0) is 30.3 Å². The van der Waals surface area contributed by atoms with Crippen molar-refractivity contribution in [1.82, 2.24) is 4.98 Å². The molecule has 4 rings (SSSR count). The minimum absolute atomic E-state index is 0.190. The molecule has 1 N–H and O–H groups in total. The Bertz CT molecular complexity index is 1080. The van der Waals surface area contributed by atoms with Gasteiger partial charge in [-0.15, -0.1) is 23.1 Å². The largest absolute Gasteiger partial charge is 0.497 e. The summed E-state index contributed by atoms with van der Waals surface area (Å²) in [6.45, 7) is 0.190. The second-order valence-electron chi connectivity index (χ2n) is 6.18. The molecule has 1 unspecified atom stereocenters. The highest BCUT2D eigenvalue weighted by Crippen LogP contribution is 2.43. The van der Waals surface area contributed by atoms with Crippen LogP contribution < -0.4 is 9.64 Å². The fourth-order valence-electron chi connectivity index (χ4n) is 3.04. The van der Waals surface area contributed by atoms with Crippen molar-refractivity contribution in [1.29, 1.82) is 0 Å². The molecule has 3 aromatic rings. The molecule has 0 fully saturated rings. The number of carbonyl (C=O) groups excluding carboxylic acids is 1. The molecule has 0 saturated heterocycles. The Morgan fingerprint density at radius 2 is 2.14 bits per heavy atom. The van der Waals surface area contributed by atoms with Gasteiger partial charge in [0, 0.05) is 11.0 Å². The van der Waals surface area contributed by atoms with E-state index < -0.39 is 11.2 Å². The van der Waals surface area contributed by atoms with Crippen LogP contribution in [0.2, 0.25) is 0 Å². The number of carboxylic acids is 1. The van der Waals surface area contributed by atoms with Gasteiger partial charge in [-0.1, -0.05) is 0 Å². The third-order valence-corrected chi connectivity index (χ3v) is 6.57. The number of fused-ring (bicyclic) bond motifs is 2. The van der Waals surface area contributed by atoms with E-state index in [2.05, 4.69) is 4.98 Å². The molecular weight excluding hydrogens is 403 g/mol. The number of anilines is 1. The summed E-state index contributed by atoms with van der Waals surface area (Å²) in [7, 11) is 1.55. The first kappa shape index (κ1) is 18.7. The van der Waals surface area contributed by atoms with Gasteiger partial charge in [0.15, 0.2) is 0 Å². The lowest BCUT2D eigenvalue weighted by Crippen LogP contribution is -2.41. The molecule has 9 heteroatoms. The van der Waals surface area contributed by atoms with Crippen LogP contribution in [0.3, 0.4) is 0 Å². The zero-order valence-electron chi connectivity index (χ0n) is 14.7. The second kappa shape index (κ2) is 7.40. The number of carbonyl (C=O) groups is 2. The van der Waals surface area contributed by atoms with Gasteiger partial charge >= 0.3 is 5.97 Å². The van der Waals surface area contributed by atoms with E-state index in [0.29, 0.717) is 22.0 Å². The zero-order chi connectivity index (χ0) is 19.8. The number of thioether (sulfide) groups is 1. The van der Waals surface area contributed by atoms with Crippen molar-refractivity contribution in [3.8, 4) is 5.75 Å². The first-order valence-corrected chi connectivity index (χ1v) is 10.1. The van der Waals surface area contributed by atoms with Gasteiger partial charge in [-0.3, -0.25) is 9.59 Å². The number of aliphatic carboxylic acids is 1. The van der Waals surface area contributed by atoms with Crippen molar-refractivity contribution < 1.29 is 23.8 Å². The number of hydrogen-bond acceptors (Lipinski definition) is 6. The molecule has 1 aliphatic rings. The number of aromatic nitrogens is 1. The van der Waals surface area contributed by atoms with Crippen molar-refractivity contribution in [2.24, 2.45) is 0 Å². The van der Waals surface area contributed by atoms with E-state index in [1.54, 1.807) is 36.3 Å². The van der Waals surface area contributed by atoms with Crippen molar-refractivity contribution in [2.75, 3.05) is 12.0 Å². The van der Waals surface area contributed by atoms with Gasteiger partial charge in [0.05, 0.1) is 41.2 Å². The van der Waals surface area contributed by atoms with Gasteiger partial charge in [0.25, 0.3) is 0 Å². The molecule has 6 nitrogen and oxygen atoms in total. The topological polar surface area (TPSA) is 79.7 Å². The number of nitrogens with zero attached hydrogens (tertiary/aromatic N) is 2. The monoisotopic (exact) mass is 418 g/mol. The number of hydrogen-bond donors (Lipinski definition) is 1. The van der Waals surface area contributed by atoms with E-state index in [9.17, 15) is 19.1 Å². The van der Waals surface area contributed by atoms with Gasteiger partial charge in [-0.2, -0.15) is 0 Å². The Morgan fingerprint density at radius 3 is 2.89 bits per heavy atom. The summed E-state index contributed by atoms with van der Waals surface area (Å²) in [5.74, 6) is -1.05. The molecule has 1 aromatic heterocycles. The molecular formula is C19H15FN2O4S2. The predicted molar refractivity (Wildman–Crippen MR) is 106 cm³/mol. The average Bonchev–Trinajstić information content (AvgIpc) is 3.05. The number of halogens is 1. The average molecular weight is 418 g/mol. The maximum atomic E-state index is 13.4. The summed E-state index contributed by atoms with van der Waals surface area (Å²) in [5, 5.41) is 9.09. The Labute approximate surface area is 167 Å². The van der Waals surface area contributed by atoms with Crippen LogP contribution >= 0.6 is 23.1 Å². The van der Waals surface area contributed by atoms with Crippen molar-refractivity contribution in [2.45, 2.75) is 23.1 Å². The van der Waals surface area contributed by atoms with Crippen molar-refractivity contribution in [3.63, 3.8) is 0 Å². The quantitative estimate of drug-likeness (QED) is 0.676. The summed E-state index contributed by atoms with van der Waals surface area (Å²) in [6, 6.07) is 9.72. The summed E-state index contributed by atoms with van der Waals surface area (Å²) in [5.41, 5.74) is 1.22. The second-order valence-corrected chi connectivity index (χ2v) is 8.54. The Morgan fingerprint density at radius 1 is 1.32 bits per heavy atom. The molecule has 0 saturated carbocycles. The van der Waals surface area contributed by atoms with E-state index >= 15 is 0 Å². The third kappa shape index (κ3) is 3.55. The van der Waals surface area contributed by atoms with Crippen LogP contribution in [0.4, 0.5) is 10.1 Å². The fourth-order valence-corrected chi connectivity index (χ4v) is 5.22. The highest BCUT2D eigenvalue weighted by atomic mass is 32.2. The molecule has 144 valence electrons. The summed E-state index contributed by atoms with van der Waals surface area (Å²) in [4.78, 5) is 30.9. The molecule has 1 amide bonds. The molecule has 1 aliphatic heterocycles. The van der Waals surface area contributed by atoms with Crippen molar-refractivity contribution >= 4 is 50.9 Å². The predicted octanol–water partition coefficient (Wildman–Crippen LogP) is 3.93. The third-order valence-electron chi connectivity index (χ3n) is 4.32. The van der Waals surface area contributed by atoms with E-state index in [0.717, 1.165) is 9.60 Å².